The highest BCUT2D eigenvalue weighted by atomic mass is 19.4. The molecule has 0 spiro atoms. The van der Waals surface area contributed by atoms with Crippen LogP contribution in [0.4, 0.5) is 23.8 Å². The van der Waals surface area contributed by atoms with E-state index in [1.807, 2.05) is 0 Å². The largest absolute Gasteiger partial charge is 0.478 e. The van der Waals surface area contributed by atoms with E-state index < -0.39 is 46.6 Å². The third-order valence-corrected chi connectivity index (χ3v) is 2.11. The first kappa shape index (κ1) is 17.4. The Bertz CT molecular complexity index is 649. The van der Waals surface area contributed by atoms with Crippen LogP contribution < -0.4 is 5.32 Å². The summed E-state index contributed by atoms with van der Waals surface area (Å²) < 4.78 is 47.3. The first-order chi connectivity index (χ1) is 9.86. The Morgan fingerprint density at radius 2 is 1.86 bits per heavy atom. The molecule has 120 valence electrons. The third-order valence-electron chi connectivity index (χ3n) is 2.11. The molecule has 1 aromatic heterocycles. The van der Waals surface area contributed by atoms with Crippen LogP contribution >= 0.6 is 0 Å². The molecular formula is C12H11F3N2O5. The molecule has 0 unspecified atom stereocenters. The number of nitrogens with zero attached hydrogens (tertiary/aromatic N) is 1. The van der Waals surface area contributed by atoms with Crippen molar-refractivity contribution < 1.29 is 37.0 Å². The average molecular weight is 320 g/mol. The standard InChI is InChI=1S/C12H11F3N2O5/c1-11(2,3)22-10(20)17-8-5(4-16)6(9(18)19)7(21-8)12(13,14)15/h1-3H3,(H,17,20)(H,18,19). The van der Waals surface area contributed by atoms with Gasteiger partial charge in [0, 0.05) is 0 Å². The summed E-state index contributed by atoms with van der Waals surface area (Å²) in [4.78, 5) is 22.4. The zero-order chi connectivity index (χ0) is 17.3. The second-order valence-electron chi connectivity index (χ2n) is 5.05. The first-order valence-electron chi connectivity index (χ1n) is 5.74. The number of hydrogen-bond acceptors (Lipinski definition) is 5. The zero-order valence-electron chi connectivity index (χ0n) is 11.7. The number of hydrogen-bond donors (Lipinski definition) is 2. The van der Waals surface area contributed by atoms with Crippen LogP contribution in [-0.4, -0.2) is 22.8 Å². The molecule has 1 amide bonds. The van der Waals surface area contributed by atoms with Crippen LogP contribution in [0.3, 0.4) is 0 Å². The minimum atomic E-state index is -5.15. The van der Waals surface area contributed by atoms with Crippen LogP contribution in [0.25, 0.3) is 0 Å². The molecule has 0 radical (unpaired) electrons. The van der Waals surface area contributed by atoms with E-state index in [4.69, 9.17) is 15.1 Å². The monoisotopic (exact) mass is 320 g/mol. The molecular weight excluding hydrogens is 309 g/mol. The summed E-state index contributed by atoms with van der Waals surface area (Å²) in [6.45, 7) is 4.51. The van der Waals surface area contributed by atoms with Crippen molar-refractivity contribution in [3.05, 3.63) is 16.9 Å². The second-order valence-corrected chi connectivity index (χ2v) is 5.05. The number of amides is 1. The lowest BCUT2D eigenvalue weighted by Crippen LogP contribution is -2.27. The van der Waals surface area contributed by atoms with Gasteiger partial charge in [0.1, 0.15) is 22.8 Å². The molecule has 0 aromatic carbocycles. The molecule has 0 atom stereocenters. The Morgan fingerprint density at radius 3 is 2.23 bits per heavy atom. The maximum Gasteiger partial charge on any atom is 0.450 e. The van der Waals surface area contributed by atoms with Crippen LogP contribution in [0.2, 0.25) is 0 Å². The van der Waals surface area contributed by atoms with Crippen molar-refractivity contribution >= 4 is 17.9 Å². The molecule has 7 nitrogen and oxygen atoms in total. The van der Waals surface area contributed by atoms with Crippen LogP contribution in [-0.2, 0) is 10.9 Å². The number of ether oxygens (including phenoxy) is 1. The number of carbonyl (C=O) groups excluding carboxylic acids is 1. The van der Waals surface area contributed by atoms with Gasteiger partial charge in [0.25, 0.3) is 0 Å². The minimum Gasteiger partial charge on any atom is -0.478 e. The van der Waals surface area contributed by atoms with E-state index in [9.17, 15) is 22.8 Å². The number of carboxylic acid groups (broad SMARTS) is 1. The van der Waals surface area contributed by atoms with E-state index in [-0.39, 0.29) is 0 Å². The van der Waals surface area contributed by atoms with Crippen molar-refractivity contribution in [2.24, 2.45) is 0 Å². The van der Waals surface area contributed by atoms with E-state index in [0.29, 0.717) is 0 Å². The van der Waals surface area contributed by atoms with Gasteiger partial charge in [-0.3, -0.25) is 5.32 Å². The molecule has 1 aromatic rings. The Morgan fingerprint density at radius 1 is 1.32 bits per heavy atom. The number of furan rings is 1. The lowest BCUT2D eigenvalue weighted by atomic mass is 10.1. The van der Waals surface area contributed by atoms with Crippen LogP contribution in [0, 0.1) is 11.3 Å². The summed E-state index contributed by atoms with van der Waals surface area (Å²) in [5.41, 5.74) is -3.28. The fourth-order valence-electron chi connectivity index (χ4n) is 1.43. The molecule has 0 bridgehead atoms. The van der Waals surface area contributed by atoms with Gasteiger partial charge in [-0.15, -0.1) is 0 Å². The van der Waals surface area contributed by atoms with Crippen molar-refractivity contribution in [2.45, 2.75) is 32.5 Å². The molecule has 0 saturated heterocycles. The molecule has 1 heterocycles. The fraction of sp³-hybridized carbons (Fsp3) is 0.417. The maximum absolute atomic E-state index is 12.7. The molecule has 0 fully saturated rings. The van der Waals surface area contributed by atoms with Gasteiger partial charge in [-0.25, -0.2) is 9.59 Å². The number of alkyl halides is 3. The summed E-state index contributed by atoms with van der Waals surface area (Å²) in [6, 6.07) is 1.26. The van der Waals surface area contributed by atoms with Crippen LogP contribution in [0.5, 0.6) is 0 Å². The van der Waals surface area contributed by atoms with E-state index in [0.717, 1.165) is 0 Å². The quantitative estimate of drug-likeness (QED) is 0.865. The lowest BCUT2D eigenvalue weighted by Gasteiger charge is -2.19. The van der Waals surface area contributed by atoms with Crippen molar-refractivity contribution in [1.82, 2.24) is 0 Å². The van der Waals surface area contributed by atoms with E-state index in [2.05, 4.69) is 4.42 Å². The first-order valence-corrected chi connectivity index (χ1v) is 5.74. The normalized spacial score (nSPS) is 11.7. The van der Waals surface area contributed by atoms with Gasteiger partial charge >= 0.3 is 18.2 Å². The molecule has 22 heavy (non-hydrogen) atoms. The summed E-state index contributed by atoms with van der Waals surface area (Å²) in [7, 11) is 0. The number of anilines is 1. The van der Waals surface area contributed by atoms with Crippen molar-refractivity contribution in [3.63, 3.8) is 0 Å². The smallest absolute Gasteiger partial charge is 0.450 e. The highest BCUT2D eigenvalue weighted by Crippen LogP contribution is 2.38. The molecule has 0 aliphatic carbocycles. The highest BCUT2D eigenvalue weighted by Gasteiger charge is 2.43. The van der Waals surface area contributed by atoms with Gasteiger partial charge in [-0.2, -0.15) is 18.4 Å². The summed E-state index contributed by atoms with van der Waals surface area (Å²) in [5.74, 6) is -4.84. The Kier molecular flexibility index (Phi) is 4.41. The average Bonchev–Trinajstić information content (AvgIpc) is 2.64. The van der Waals surface area contributed by atoms with Gasteiger partial charge in [0.2, 0.25) is 11.6 Å². The number of nitrogens with one attached hydrogen (secondary N) is 1. The summed E-state index contributed by atoms with van der Waals surface area (Å²) in [6.07, 6.45) is -6.34. The third kappa shape index (κ3) is 3.91. The Balaban J connectivity index is 3.30. The van der Waals surface area contributed by atoms with Gasteiger partial charge in [-0.05, 0) is 20.8 Å². The highest BCUT2D eigenvalue weighted by molar-refractivity contribution is 5.96. The lowest BCUT2D eigenvalue weighted by molar-refractivity contribution is -0.153. The van der Waals surface area contributed by atoms with E-state index in [1.165, 1.54) is 26.8 Å². The van der Waals surface area contributed by atoms with Crippen molar-refractivity contribution in [3.8, 4) is 6.07 Å². The summed E-state index contributed by atoms with van der Waals surface area (Å²) >= 11 is 0. The van der Waals surface area contributed by atoms with Crippen molar-refractivity contribution in [1.29, 1.82) is 5.26 Å². The van der Waals surface area contributed by atoms with E-state index in [1.54, 1.807) is 5.32 Å². The van der Waals surface area contributed by atoms with E-state index >= 15 is 0 Å². The Labute approximate surface area is 122 Å². The molecule has 2 N–H and O–H groups in total. The summed E-state index contributed by atoms with van der Waals surface area (Å²) in [5, 5.41) is 19.5. The van der Waals surface area contributed by atoms with Crippen LogP contribution in [0.1, 0.15) is 42.5 Å². The molecule has 0 aliphatic rings. The number of carbonyl (C=O) groups is 2. The SMILES string of the molecule is CC(C)(C)OC(=O)Nc1oc(C(F)(F)F)c(C(=O)O)c1C#N. The maximum atomic E-state index is 12.7. The number of rotatable bonds is 2. The predicted octanol–water partition coefficient (Wildman–Crippen LogP) is 3.22. The number of aromatic carboxylic acids is 1. The number of nitriles is 1. The van der Waals surface area contributed by atoms with Gasteiger partial charge in [-0.1, -0.05) is 0 Å². The molecule has 10 heteroatoms. The van der Waals surface area contributed by atoms with Gasteiger partial charge < -0.3 is 14.3 Å². The Hall–Kier alpha value is -2.70. The van der Waals surface area contributed by atoms with Crippen molar-refractivity contribution in [2.75, 3.05) is 5.32 Å². The zero-order valence-corrected chi connectivity index (χ0v) is 11.7. The van der Waals surface area contributed by atoms with Gasteiger partial charge in [0.15, 0.2) is 0 Å². The second kappa shape index (κ2) is 5.59. The fourth-order valence-corrected chi connectivity index (χ4v) is 1.43. The number of halogens is 3. The predicted molar refractivity (Wildman–Crippen MR) is 65.2 cm³/mol. The minimum absolute atomic E-state index is 0.943. The molecule has 0 aliphatic heterocycles. The van der Waals surface area contributed by atoms with Gasteiger partial charge in [0.05, 0.1) is 0 Å². The molecule has 1 rings (SSSR count). The number of carboxylic acids is 1. The molecule has 0 saturated carbocycles. The topological polar surface area (TPSA) is 113 Å². The van der Waals surface area contributed by atoms with Crippen LogP contribution in [0.15, 0.2) is 4.42 Å².